The minimum atomic E-state index is 0.116. The Morgan fingerprint density at radius 1 is 1.29 bits per heavy atom. The Morgan fingerprint density at radius 3 is 2.81 bits per heavy atom. The highest BCUT2D eigenvalue weighted by Crippen LogP contribution is 2.32. The Morgan fingerprint density at radius 2 is 2.10 bits per heavy atom. The lowest BCUT2D eigenvalue weighted by Gasteiger charge is -2.09. The maximum absolute atomic E-state index is 6.18. The van der Waals surface area contributed by atoms with Crippen molar-refractivity contribution in [2.75, 3.05) is 5.32 Å². The molecule has 0 aliphatic rings. The average molecular weight is 320 g/mol. The summed E-state index contributed by atoms with van der Waals surface area (Å²) in [5.41, 5.74) is 2.01. The monoisotopic (exact) mass is 319 g/mol. The quantitative estimate of drug-likeness (QED) is 0.795. The third kappa shape index (κ3) is 3.06. The SMILES string of the molecule is CC(Nc1nnc(-c2ccccc2Cl)s1)c1cnn(C)c1. The number of halogens is 1. The van der Waals surface area contributed by atoms with Gasteiger partial charge in [-0.05, 0) is 13.0 Å². The van der Waals surface area contributed by atoms with E-state index in [1.54, 1.807) is 4.68 Å². The zero-order valence-corrected chi connectivity index (χ0v) is 13.2. The van der Waals surface area contributed by atoms with E-state index in [1.807, 2.05) is 43.7 Å². The van der Waals surface area contributed by atoms with Gasteiger partial charge in [-0.2, -0.15) is 5.10 Å². The van der Waals surface area contributed by atoms with Crippen LogP contribution in [-0.2, 0) is 7.05 Å². The van der Waals surface area contributed by atoms with Crippen molar-refractivity contribution in [1.82, 2.24) is 20.0 Å². The maximum atomic E-state index is 6.18. The lowest BCUT2D eigenvalue weighted by Crippen LogP contribution is -2.05. The fourth-order valence-electron chi connectivity index (χ4n) is 1.96. The second-order valence-electron chi connectivity index (χ2n) is 4.71. The number of hydrogen-bond donors (Lipinski definition) is 1. The number of rotatable bonds is 4. The van der Waals surface area contributed by atoms with E-state index in [0.717, 1.165) is 21.3 Å². The van der Waals surface area contributed by atoms with Crippen LogP contribution in [0, 0.1) is 0 Å². The molecule has 1 aromatic carbocycles. The summed E-state index contributed by atoms with van der Waals surface area (Å²) in [5, 5.41) is 18.1. The van der Waals surface area contributed by atoms with E-state index < -0.39 is 0 Å². The van der Waals surface area contributed by atoms with Crippen molar-refractivity contribution in [3.63, 3.8) is 0 Å². The van der Waals surface area contributed by atoms with E-state index in [-0.39, 0.29) is 6.04 Å². The van der Waals surface area contributed by atoms with Gasteiger partial charge in [-0.3, -0.25) is 4.68 Å². The van der Waals surface area contributed by atoms with Crippen LogP contribution in [0.1, 0.15) is 18.5 Å². The van der Waals surface area contributed by atoms with Gasteiger partial charge in [0.2, 0.25) is 5.13 Å². The Kier molecular flexibility index (Phi) is 3.90. The summed E-state index contributed by atoms with van der Waals surface area (Å²) in [4.78, 5) is 0. The molecule has 0 spiro atoms. The van der Waals surface area contributed by atoms with Crippen LogP contribution in [0.4, 0.5) is 5.13 Å². The first kappa shape index (κ1) is 14.0. The predicted molar refractivity (Wildman–Crippen MR) is 85.6 cm³/mol. The van der Waals surface area contributed by atoms with E-state index >= 15 is 0 Å². The predicted octanol–water partition coefficient (Wildman–Crippen LogP) is 3.77. The van der Waals surface area contributed by atoms with Crippen LogP contribution in [0.2, 0.25) is 5.02 Å². The smallest absolute Gasteiger partial charge is 0.206 e. The van der Waals surface area contributed by atoms with Gasteiger partial charge >= 0.3 is 0 Å². The largest absolute Gasteiger partial charge is 0.353 e. The number of anilines is 1. The van der Waals surface area contributed by atoms with Gasteiger partial charge in [0.25, 0.3) is 0 Å². The molecule has 0 fully saturated rings. The highest BCUT2D eigenvalue weighted by molar-refractivity contribution is 7.18. The summed E-state index contributed by atoms with van der Waals surface area (Å²) in [6.07, 6.45) is 3.82. The highest BCUT2D eigenvalue weighted by Gasteiger charge is 2.13. The summed E-state index contributed by atoms with van der Waals surface area (Å²) >= 11 is 7.66. The van der Waals surface area contributed by atoms with Crippen LogP contribution in [-0.4, -0.2) is 20.0 Å². The average Bonchev–Trinajstić information content (AvgIpc) is 3.08. The molecule has 2 aromatic heterocycles. The molecule has 0 bridgehead atoms. The van der Waals surface area contributed by atoms with Crippen molar-refractivity contribution in [2.24, 2.45) is 7.05 Å². The van der Waals surface area contributed by atoms with Crippen molar-refractivity contribution in [2.45, 2.75) is 13.0 Å². The highest BCUT2D eigenvalue weighted by atomic mass is 35.5. The molecule has 5 nitrogen and oxygen atoms in total. The normalized spacial score (nSPS) is 12.3. The van der Waals surface area contributed by atoms with Gasteiger partial charge in [0.1, 0.15) is 0 Å². The Bertz CT molecular complexity index is 751. The second-order valence-corrected chi connectivity index (χ2v) is 6.09. The Hall–Kier alpha value is -1.92. The minimum Gasteiger partial charge on any atom is -0.353 e. The van der Waals surface area contributed by atoms with E-state index in [2.05, 4.69) is 27.5 Å². The van der Waals surface area contributed by atoms with Crippen molar-refractivity contribution < 1.29 is 0 Å². The fraction of sp³-hybridized carbons (Fsp3) is 0.214. The molecule has 1 atom stereocenters. The van der Waals surface area contributed by atoms with Gasteiger partial charge < -0.3 is 5.32 Å². The van der Waals surface area contributed by atoms with Gasteiger partial charge in [-0.15, -0.1) is 10.2 Å². The molecule has 0 saturated heterocycles. The summed E-state index contributed by atoms with van der Waals surface area (Å²) < 4.78 is 1.78. The van der Waals surface area contributed by atoms with Crippen molar-refractivity contribution in [3.05, 3.63) is 47.2 Å². The molecule has 3 rings (SSSR count). The molecule has 0 aliphatic heterocycles. The maximum Gasteiger partial charge on any atom is 0.206 e. The van der Waals surface area contributed by atoms with E-state index in [1.165, 1.54) is 11.3 Å². The first-order valence-electron chi connectivity index (χ1n) is 6.47. The third-order valence-electron chi connectivity index (χ3n) is 3.09. The molecule has 0 aliphatic carbocycles. The first-order chi connectivity index (χ1) is 10.1. The van der Waals surface area contributed by atoms with Gasteiger partial charge in [-0.25, -0.2) is 0 Å². The van der Waals surface area contributed by atoms with Crippen molar-refractivity contribution >= 4 is 28.1 Å². The Labute approximate surface area is 131 Å². The van der Waals surface area contributed by atoms with Crippen LogP contribution >= 0.6 is 22.9 Å². The lowest BCUT2D eigenvalue weighted by molar-refractivity contribution is 0.765. The number of hydrogen-bond acceptors (Lipinski definition) is 5. The van der Waals surface area contributed by atoms with Crippen LogP contribution < -0.4 is 5.32 Å². The lowest BCUT2D eigenvalue weighted by atomic mass is 10.2. The zero-order chi connectivity index (χ0) is 14.8. The molecule has 1 N–H and O–H groups in total. The van der Waals surface area contributed by atoms with Crippen LogP contribution in [0.25, 0.3) is 10.6 Å². The second kappa shape index (κ2) is 5.83. The van der Waals surface area contributed by atoms with Gasteiger partial charge in [-0.1, -0.05) is 41.1 Å². The van der Waals surface area contributed by atoms with Gasteiger partial charge in [0.05, 0.1) is 17.3 Å². The van der Waals surface area contributed by atoms with E-state index in [0.29, 0.717) is 5.02 Å². The van der Waals surface area contributed by atoms with Gasteiger partial charge in [0, 0.05) is 24.4 Å². The number of benzene rings is 1. The van der Waals surface area contributed by atoms with Crippen molar-refractivity contribution in [1.29, 1.82) is 0 Å². The summed E-state index contributed by atoms with van der Waals surface area (Å²) in [7, 11) is 1.90. The Balaban J connectivity index is 1.78. The molecule has 21 heavy (non-hydrogen) atoms. The zero-order valence-electron chi connectivity index (χ0n) is 11.6. The van der Waals surface area contributed by atoms with Gasteiger partial charge in [0.15, 0.2) is 5.01 Å². The number of aromatic nitrogens is 4. The number of aryl methyl sites for hydroxylation is 1. The summed E-state index contributed by atoms with van der Waals surface area (Å²) in [6.45, 7) is 2.06. The molecule has 1 unspecified atom stereocenters. The molecule has 7 heteroatoms. The summed E-state index contributed by atoms with van der Waals surface area (Å²) in [5.74, 6) is 0. The molecule has 0 radical (unpaired) electrons. The molecule has 3 aromatic rings. The molecule has 108 valence electrons. The summed E-state index contributed by atoms with van der Waals surface area (Å²) in [6, 6.07) is 7.75. The topological polar surface area (TPSA) is 55.6 Å². The van der Waals surface area contributed by atoms with E-state index in [4.69, 9.17) is 11.6 Å². The van der Waals surface area contributed by atoms with Crippen LogP contribution in [0.3, 0.4) is 0 Å². The van der Waals surface area contributed by atoms with Crippen LogP contribution in [0.5, 0.6) is 0 Å². The molecular weight excluding hydrogens is 306 g/mol. The fourth-order valence-corrected chi connectivity index (χ4v) is 3.11. The molecular formula is C14H14ClN5S. The third-order valence-corrected chi connectivity index (χ3v) is 4.31. The molecule has 0 amide bonds. The molecule has 2 heterocycles. The van der Waals surface area contributed by atoms with Crippen LogP contribution in [0.15, 0.2) is 36.7 Å². The first-order valence-corrected chi connectivity index (χ1v) is 7.66. The van der Waals surface area contributed by atoms with Crippen molar-refractivity contribution in [3.8, 4) is 10.6 Å². The minimum absolute atomic E-state index is 0.116. The number of nitrogens with one attached hydrogen (secondary N) is 1. The van der Waals surface area contributed by atoms with E-state index in [9.17, 15) is 0 Å². The molecule has 0 saturated carbocycles. The standard InChI is InChI=1S/C14H14ClN5S/c1-9(10-7-16-20(2)8-10)17-14-19-18-13(21-14)11-5-3-4-6-12(11)15/h3-9H,1-2H3,(H,17,19). The number of nitrogens with zero attached hydrogens (tertiary/aromatic N) is 4.